The summed E-state index contributed by atoms with van der Waals surface area (Å²) in [6.07, 6.45) is 3.51. The number of carboxylic acids is 3. The number of halogens is 1. The van der Waals surface area contributed by atoms with Crippen LogP contribution < -0.4 is 86.2 Å². The second-order valence-electron chi connectivity index (χ2n) is 4.45. The third-order valence-corrected chi connectivity index (χ3v) is 2.75. The van der Waals surface area contributed by atoms with E-state index < -0.39 is 23.9 Å². The number of aromatic carboxylic acids is 2. The van der Waals surface area contributed by atoms with Gasteiger partial charge in [-0.3, -0.25) is 0 Å². The van der Waals surface area contributed by atoms with Crippen molar-refractivity contribution in [3.63, 3.8) is 0 Å². The van der Waals surface area contributed by atoms with E-state index in [0.29, 0.717) is 6.42 Å². The first kappa shape index (κ1) is 26.4. The summed E-state index contributed by atoms with van der Waals surface area (Å²) in [6.45, 7) is 0. The van der Waals surface area contributed by atoms with Gasteiger partial charge in [0, 0.05) is 17.5 Å². The summed E-state index contributed by atoms with van der Waals surface area (Å²) in [5.74, 6) is -3.64. The molecule has 0 bridgehead atoms. The Morgan fingerprint density at radius 3 is 2.12 bits per heavy atom. The third-order valence-electron chi connectivity index (χ3n) is 2.75. The SMILES string of the molecule is O=C([O-])c1ccccc1C(=O)O.[I-].[K+].[NH3+][C@@H](Cc1cnc[nH]1)C(=O)O. The summed E-state index contributed by atoms with van der Waals surface area (Å²) in [4.78, 5) is 37.7. The molecular weight excluding hydrogens is 472 g/mol. The van der Waals surface area contributed by atoms with Crippen LogP contribution >= 0.6 is 0 Å². The van der Waals surface area contributed by atoms with Crippen molar-refractivity contribution >= 4 is 17.9 Å². The number of imidazole rings is 1. The number of aliphatic carboxylic acids is 1. The van der Waals surface area contributed by atoms with Crippen LogP contribution in [0.15, 0.2) is 36.8 Å². The number of carbonyl (C=O) groups excluding carboxylic acids is 1. The standard InChI is InChI=1S/C8H6O4.C6H9N3O2.HI.K/c9-7(10)5-3-1-2-4-6(5)8(11)12;7-5(6(10)11)1-4-2-8-3-9-4;;/h1-4H,(H,9,10)(H,11,12);2-3,5H,1,7H2,(H,8,9)(H,10,11);1H;/q;;;+1/p-1/t;5-;;/m.0../s1. The van der Waals surface area contributed by atoms with Crippen molar-refractivity contribution in [2.45, 2.75) is 12.5 Å². The van der Waals surface area contributed by atoms with E-state index in [2.05, 4.69) is 15.7 Å². The van der Waals surface area contributed by atoms with Crippen molar-refractivity contribution in [2.24, 2.45) is 0 Å². The average molecular weight is 487 g/mol. The van der Waals surface area contributed by atoms with Crippen molar-refractivity contribution in [2.75, 3.05) is 0 Å². The largest absolute Gasteiger partial charge is 1.00 e. The monoisotopic (exact) mass is 487 g/mol. The molecule has 1 heterocycles. The van der Waals surface area contributed by atoms with E-state index in [1.165, 1.54) is 30.6 Å². The minimum Gasteiger partial charge on any atom is -1.00 e. The zero-order valence-corrected chi connectivity index (χ0v) is 18.6. The van der Waals surface area contributed by atoms with Gasteiger partial charge in [0.25, 0.3) is 0 Å². The summed E-state index contributed by atoms with van der Waals surface area (Å²) in [7, 11) is 0. The number of nitrogens with zero attached hydrogens (tertiary/aromatic N) is 1. The molecule has 2 rings (SSSR count). The number of aromatic amines is 1. The van der Waals surface area contributed by atoms with Gasteiger partial charge < -0.3 is 54.8 Å². The summed E-state index contributed by atoms with van der Waals surface area (Å²) in [6, 6.07) is 4.70. The van der Waals surface area contributed by atoms with Crippen LogP contribution in [-0.4, -0.2) is 44.1 Å². The van der Waals surface area contributed by atoms with Gasteiger partial charge >= 0.3 is 63.3 Å². The van der Waals surface area contributed by atoms with Crippen molar-refractivity contribution in [1.82, 2.24) is 9.97 Å². The number of carbonyl (C=O) groups is 3. The van der Waals surface area contributed by atoms with Gasteiger partial charge in [0.1, 0.15) is 0 Å². The first-order chi connectivity index (χ1) is 10.8. The third kappa shape index (κ3) is 9.44. The Morgan fingerprint density at radius 2 is 1.76 bits per heavy atom. The molecule has 6 N–H and O–H groups in total. The van der Waals surface area contributed by atoms with Gasteiger partial charge in [-0.25, -0.2) is 14.6 Å². The van der Waals surface area contributed by atoms with E-state index in [-0.39, 0.29) is 86.5 Å². The van der Waals surface area contributed by atoms with Crippen LogP contribution in [0.5, 0.6) is 0 Å². The minimum atomic E-state index is -1.48. The molecule has 1 aromatic heterocycles. The fourth-order valence-corrected chi connectivity index (χ4v) is 1.60. The number of rotatable bonds is 5. The molecule has 0 saturated carbocycles. The Hall–Kier alpha value is -0.834. The van der Waals surface area contributed by atoms with Crippen molar-refractivity contribution < 1.29 is 111 Å². The smallest absolute Gasteiger partial charge is 1.00 e. The maximum Gasteiger partial charge on any atom is 1.00 e. The molecule has 25 heavy (non-hydrogen) atoms. The first-order valence-corrected chi connectivity index (χ1v) is 6.39. The zero-order valence-electron chi connectivity index (χ0n) is 13.3. The summed E-state index contributed by atoms with van der Waals surface area (Å²) in [5.41, 5.74) is 3.71. The molecule has 130 valence electrons. The molecule has 11 heteroatoms. The number of carboxylic acid groups (broad SMARTS) is 3. The maximum atomic E-state index is 10.4. The normalized spacial score (nSPS) is 10.1. The van der Waals surface area contributed by atoms with Gasteiger partial charge in [0.05, 0.1) is 24.3 Å². The Bertz CT molecular complexity index is 663. The van der Waals surface area contributed by atoms with Gasteiger partial charge in [0.15, 0.2) is 6.04 Å². The van der Waals surface area contributed by atoms with Crippen LogP contribution in [0.2, 0.25) is 0 Å². The molecule has 0 radical (unpaired) electrons. The van der Waals surface area contributed by atoms with Crippen molar-refractivity contribution in [3.05, 3.63) is 53.6 Å². The van der Waals surface area contributed by atoms with Gasteiger partial charge in [-0.2, -0.15) is 0 Å². The molecule has 0 spiro atoms. The van der Waals surface area contributed by atoms with Crippen LogP contribution in [-0.2, 0) is 11.2 Å². The van der Waals surface area contributed by atoms with Crippen molar-refractivity contribution in [3.8, 4) is 0 Å². The number of benzene rings is 1. The molecular formula is C14H15IKN3O6. The molecule has 1 aromatic carbocycles. The molecule has 0 aliphatic rings. The van der Waals surface area contributed by atoms with Gasteiger partial charge in [-0.05, 0) is 6.07 Å². The predicted octanol–water partition coefficient (Wildman–Crippen LogP) is -7.60. The second-order valence-corrected chi connectivity index (χ2v) is 4.45. The fraction of sp³-hybridized carbons (Fsp3) is 0.143. The number of quaternary nitrogens is 1. The average Bonchev–Trinajstić information content (AvgIpc) is 3.00. The van der Waals surface area contributed by atoms with Gasteiger partial charge in [0.2, 0.25) is 0 Å². The van der Waals surface area contributed by atoms with E-state index in [0.717, 1.165) is 5.69 Å². The number of hydrogen-bond donors (Lipinski definition) is 4. The molecule has 0 fully saturated rings. The predicted molar refractivity (Wildman–Crippen MR) is 74.3 cm³/mol. The quantitative estimate of drug-likeness (QED) is 0.240. The van der Waals surface area contributed by atoms with Crippen LogP contribution in [0.25, 0.3) is 0 Å². The van der Waals surface area contributed by atoms with E-state index in [4.69, 9.17) is 10.2 Å². The van der Waals surface area contributed by atoms with Gasteiger partial charge in [-0.1, -0.05) is 18.2 Å². The molecule has 2 aromatic rings. The maximum absolute atomic E-state index is 10.4. The Balaban J connectivity index is 0. The van der Waals surface area contributed by atoms with E-state index in [1.807, 2.05) is 0 Å². The second kappa shape index (κ2) is 13.4. The van der Waals surface area contributed by atoms with Crippen LogP contribution in [0.4, 0.5) is 0 Å². The molecule has 9 nitrogen and oxygen atoms in total. The summed E-state index contributed by atoms with van der Waals surface area (Å²) >= 11 is 0. The van der Waals surface area contributed by atoms with E-state index in [1.54, 1.807) is 6.20 Å². The van der Waals surface area contributed by atoms with Crippen LogP contribution in [0.1, 0.15) is 26.4 Å². The minimum absolute atomic E-state index is 0. The molecule has 1 atom stereocenters. The van der Waals surface area contributed by atoms with Crippen LogP contribution in [0.3, 0.4) is 0 Å². The topological polar surface area (TPSA) is 171 Å². The van der Waals surface area contributed by atoms with Crippen LogP contribution in [0, 0.1) is 0 Å². The van der Waals surface area contributed by atoms with E-state index >= 15 is 0 Å². The summed E-state index contributed by atoms with van der Waals surface area (Å²) in [5, 5.41) is 27.4. The number of nitrogens with one attached hydrogen (secondary N) is 1. The number of aromatic nitrogens is 2. The van der Waals surface area contributed by atoms with E-state index in [9.17, 15) is 19.5 Å². The number of H-pyrrole nitrogens is 1. The summed E-state index contributed by atoms with van der Waals surface area (Å²) < 4.78 is 0. The molecule has 0 unspecified atom stereocenters. The Labute approximate surface area is 202 Å². The molecule has 0 saturated heterocycles. The molecule has 0 aliphatic heterocycles. The Morgan fingerprint density at radius 1 is 1.20 bits per heavy atom. The Kier molecular flexibility index (Phi) is 14.1. The first-order valence-electron chi connectivity index (χ1n) is 6.39. The van der Waals surface area contributed by atoms with Gasteiger partial charge in [-0.15, -0.1) is 0 Å². The zero-order chi connectivity index (χ0) is 17.4. The number of hydrogen-bond acceptors (Lipinski definition) is 5. The molecule has 0 amide bonds. The fourth-order valence-electron chi connectivity index (χ4n) is 1.60. The molecule has 0 aliphatic carbocycles. The van der Waals surface area contributed by atoms with Crippen molar-refractivity contribution in [1.29, 1.82) is 0 Å².